The Morgan fingerprint density at radius 1 is 1.19 bits per heavy atom. The number of methoxy groups -OCH3 is 2. The second-order valence-electron chi connectivity index (χ2n) is 8.83. The van der Waals surface area contributed by atoms with Crippen LogP contribution in [0, 0.1) is 5.92 Å². The van der Waals surface area contributed by atoms with Crippen LogP contribution in [0.5, 0.6) is 5.75 Å². The molecule has 3 amide bonds. The second kappa shape index (κ2) is 12.4. The van der Waals surface area contributed by atoms with Gasteiger partial charge in [-0.05, 0) is 19.1 Å². The summed E-state index contributed by atoms with van der Waals surface area (Å²) in [4.78, 5) is 49.9. The Labute approximate surface area is 210 Å². The van der Waals surface area contributed by atoms with Crippen molar-refractivity contribution in [1.29, 1.82) is 0 Å². The summed E-state index contributed by atoms with van der Waals surface area (Å²) >= 11 is 0. The summed E-state index contributed by atoms with van der Waals surface area (Å²) in [5, 5.41) is 2.75. The Balaban J connectivity index is 1.94. The maximum atomic E-state index is 13.3. The number of carbonyl (C=O) groups is 3. The van der Waals surface area contributed by atoms with Gasteiger partial charge in [0, 0.05) is 64.4 Å². The molecule has 2 aromatic rings. The van der Waals surface area contributed by atoms with E-state index in [9.17, 15) is 14.4 Å². The third-order valence-electron chi connectivity index (χ3n) is 6.09. The van der Waals surface area contributed by atoms with Crippen LogP contribution in [0.2, 0.25) is 0 Å². The van der Waals surface area contributed by atoms with E-state index in [0.29, 0.717) is 24.3 Å². The van der Waals surface area contributed by atoms with Crippen LogP contribution in [0.25, 0.3) is 0 Å². The van der Waals surface area contributed by atoms with Gasteiger partial charge in [0.15, 0.2) is 0 Å². The minimum absolute atomic E-state index is 0.0499. The Hall–Kier alpha value is -3.57. The first-order valence-electron chi connectivity index (χ1n) is 11.7. The maximum absolute atomic E-state index is 13.3. The van der Waals surface area contributed by atoms with Gasteiger partial charge in [0.05, 0.1) is 23.9 Å². The fraction of sp³-hybridized carbons (Fsp3) is 0.480. The van der Waals surface area contributed by atoms with Crippen molar-refractivity contribution in [2.75, 3.05) is 52.9 Å². The Morgan fingerprint density at radius 2 is 1.97 bits per heavy atom. The van der Waals surface area contributed by atoms with Gasteiger partial charge in [-0.15, -0.1) is 0 Å². The highest BCUT2D eigenvalue weighted by Crippen LogP contribution is 2.27. The summed E-state index contributed by atoms with van der Waals surface area (Å²) in [5.41, 5.74) is 0.915. The number of rotatable bonds is 5. The molecule has 11 nitrogen and oxygen atoms in total. The fourth-order valence-electron chi connectivity index (χ4n) is 4.02. The van der Waals surface area contributed by atoms with Crippen molar-refractivity contribution in [1.82, 2.24) is 19.8 Å². The number of fused-ring (bicyclic) bond motifs is 1. The summed E-state index contributed by atoms with van der Waals surface area (Å²) in [5.74, 6) is -0.613. The van der Waals surface area contributed by atoms with Crippen molar-refractivity contribution in [2.24, 2.45) is 5.92 Å². The van der Waals surface area contributed by atoms with Crippen LogP contribution in [-0.4, -0.2) is 97.2 Å². The Bertz CT molecular complexity index is 1070. The lowest BCUT2D eigenvalue weighted by Gasteiger charge is -2.36. The third kappa shape index (κ3) is 6.55. The van der Waals surface area contributed by atoms with Gasteiger partial charge in [-0.1, -0.05) is 6.92 Å². The van der Waals surface area contributed by atoms with Crippen LogP contribution in [0.15, 0.2) is 36.8 Å². The quantitative estimate of drug-likeness (QED) is 0.660. The van der Waals surface area contributed by atoms with Crippen LogP contribution in [-0.2, 0) is 14.3 Å². The molecule has 0 aliphatic carbocycles. The topological polar surface area (TPSA) is 123 Å². The predicted molar refractivity (Wildman–Crippen MR) is 132 cm³/mol. The molecular weight excluding hydrogens is 466 g/mol. The molecule has 0 saturated carbocycles. The van der Waals surface area contributed by atoms with E-state index in [-0.39, 0.29) is 54.5 Å². The molecule has 11 heteroatoms. The van der Waals surface area contributed by atoms with Crippen molar-refractivity contribution < 1.29 is 28.6 Å². The van der Waals surface area contributed by atoms with E-state index in [1.165, 1.54) is 25.7 Å². The molecular formula is C25H33N5O6. The fourth-order valence-corrected chi connectivity index (χ4v) is 4.02. The van der Waals surface area contributed by atoms with E-state index in [2.05, 4.69) is 15.3 Å². The molecule has 1 aromatic heterocycles. The molecule has 0 radical (unpaired) electrons. The molecule has 1 aliphatic heterocycles. The second-order valence-corrected chi connectivity index (χ2v) is 8.83. The standard InChI is InChI=1S/C25H33N5O6/c1-16-12-30(23(31)15-34-4)17(2)14-36-21-10-18(28-24(32)20-11-26-8-9-27-20)6-7-19(21)25(33)29(3)13-22(16)35-5/h6-11,16-17,22H,12-15H2,1-5H3,(H,28,32)/t16-,17+,22-/m0/s1. The number of hydrogen-bond acceptors (Lipinski definition) is 8. The summed E-state index contributed by atoms with van der Waals surface area (Å²) in [6.45, 7) is 4.67. The van der Waals surface area contributed by atoms with E-state index >= 15 is 0 Å². The molecule has 1 N–H and O–H groups in total. The predicted octanol–water partition coefficient (Wildman–Crippen LogP) is 1.71. The molecule has 194 valence electrons. The van der Waals surface area contributed by atoms with Gasteiger partial charge >= 0.3 is 0 Å². The van der Waals surface area contributed by atoms with E-state index < -0.39 is 5.91 Å². The zero-order chi connectivity index (χ0) is 26.2. The molecule has 0 fully saturated rings. The molecule has 0 bridgehead atoms. The van der Waals surface area contributed by atoms with Gasteiger partial charge in [-0.3, -0.25) is 19.4 Å². The number of nitrogens with one attached hydrogen (secondary N) is 1. The number of ether oxygens (including phenoxy) is 3. The molecule has 0 saturated heterocycles. The van der Waals surface area contributed by atoms with Crippen LogP contribution >= 0.6 is 0 Å². The minimum atomic E-state index is -0.443. The van der Waals surface area contributed by atoms with Gasteiger partial charge < -0.3 is 29.3 Å². The number of hydrogen-bond donors (Lipinski definition) is 1. The summed E-state index contributed by atoms with van der Waals surface area (Å²) in [7, 11) is 4.76. The van der Waals surface area contributed by atoms with Crippen LogP contribution in [0.1, 0.15) is 34.7 Å². The lowest BCUT2D eigenvalue weighted by Crippen LogP contribution is -2.49. The lowest BCUT2D eigenvalue weighted by atomic mass is 10.0. The van der Waals surface area contributed by atoms with E-state index in [1.54, 1.807) is 42.2 Å². The average Bonchev–Trinajstić information content (AvgIpc) is 2.88. The summed E-state index contributed by atoms with van der Waals surface area (Å²) in [6, 6.07) is 4.51. The lowest BCUT2D eigenvalue weighted by molar-refractivity contribution is -0.139. The van der Waals surface area contributed by atoms with Gasteiger partial charge in [-0.25, -0.2) is 4.98 Å². The van der Waals surface area contributed by atoms with E-state index in [4.69, 9.17) is 14.2 Å². The maximum Gasteiger partial charge on any atom is 0.275 e. The van der Waals surface area contributed by atoms with E-state index in [0.717, 1.165) is 0 Å². The number of likely N-dealkylation sites (N-methyl/N-ethyl adjacent to an activating group) is 1. The number of aromatic nitrogens is 2. The van der Waals surface area contributed by atoms with Crippen LogP contribution in [0.4, 0.5) is 5.69 Å². The highest BCUT2D eigenvalue weighted by Gasteiger charge is 2.30. The number of anilines is 1. The smallest absolute Gasteiger partial charge is 0.275 e. The van der Waals surface area contributed by atoms with Crippen LogP contribution < -0.4 is 10.1 Å². The average molecular weight is 500 g/mol. The largest absolute Gasteiger partial charge is 0.491 e. The van der Waals surface area contributed by atoms with Gasteiger partial charge in [-0.2, -0.15) is 0 Å². The normalized spacial score (nSPS) is 21.0. The Morgan fingerprint density at radius 3 is 2.64 bits per heavy atom. The first-order chi connectivity index (χ1) is 17.2. The molecule has 1 aromatic carbocycles. The Kier molecular flexibility index (Phi) is 9.31. The van der Waals surface area contributed by atoms with Gasteiger partial charge in [0.2, 0.25) is 5.91 Å². The molecule has 1 aliphatic rings. The molecule has 36 heavy (non-hydrogen) atoms. The van der Waals surface area contributed by atoms with Crippen LogP contribution in [0.3, 0.4) is 0 Å². The highest BCUT2D eigenvalue weighted by molar-refractivity contribution is 6.03. The van der Waals surface area contributed by atoms with Gasteiger partial charge in [0.1, 0.15) is 24.7 Å². The third-order valence-corrected chi connectivity index (χ3v) is 6.09. The first-order valence-corrected chi connectivity index (χ1v) is 11.7. The molecule has 0 unspecified atom stereocenters. The zero-order valence-electron chi connectivity index (χ0n) is 21.3. The first kappa shape index (κ1) is 27.0. The SMILES string of the molecule is COCC(=O)N1C[C@H](C)[C@@H](OC)CN(C)C(=O)c2ccc(NC(=O)c3cnccn3)cc2OC[C@H]1C. The number of carbonyl (C=O) groups excluding carboxylic acids is 3. The van der Waals surface area contributed by atoms with Crippen molar-refractivity contribution >= 4 is 23.4 Å². The van der Waals surface area contributed by atoms with Gasteiger partial charge in [0.25, 0.3) is 11.8 Å². The van der Waals surface area contributed by atoms with Crippen molar-refractivity contribution in [3.05, 3.63) is 48.0 Å². The van der Waals surface area contributed by atoms with Crippen molar-refractivity contribution in [3.8, 4) is 5.75 Å². The molecule has 2 heterocycles. The summed E-state index contributed by atoms with van der Waals surface area (Å²) < 4.78 is 16.8. The number of benzene rings is 1. The number of nitrogens with zero attached hydrogens (tertiary/aromatic N) is 4. The van der Waals surface area contributed by atoms with E-state index in [1.807, 2.05) is 13.8 Å². The number of amides is 3. The highest BCUT2D eigenvalue weighted by atomic mass is 16.5. The van der Waals surface area contributed by atoms with Crippen molar-refractivity contribution in [3.63, 3.8) is 0 Å². The molecule has 3 rings (SSSR count). The van der Waals surface area contributed by atoms with Crippen molar-refractivity contribution in [2.45, 2.75) is 26.0 Å². The minimum Gasteiger partial charge on any atom is -0.491 e. The monoisotopic (exact) mass is 499 g/mol. The summed E-state index contributed by atoms with van der Waals surface area (Å²) in [6.07, 6.45) is 3.97. The molecule has 0 spiro atoms. The zero-order valence-corrected chi connectivity index (χ0v) is 21.3. The molecule has 3 atom stereocenters.